The fourth-order valence-electron chi connectivity index (χ4n) is 0.183. The number of ketones is 2. The summed E-state index contributed by atoms with van der Waals surface area (Å²) in [6.45, 7) is 0. The highest BCUT2D eigenvalue weighted by atomic mass is 35.5. The highest BCUT2D eigenvalue weighted by Crippen LogP contribution is 1.69. The zero-order valence-electron chi connectivity index (χ0n) is 8.05. The van der Waals surface area contributed by atoms with Crippen molar-refractivity contribution in [1.29, 1.82) is 0 Å². The third kappa shape index (κ3) is 11.9. The van der Waals surface area contributed by atoms with Crippen LogP contribution in [0.1, 0.15) is 0 Å². The van der Waals surface area contributed by atoms with E-state index >= 15 is 0 Å². The van der Waals surface area contributed by atoms with Crippen molar-refractivity contribution >= 4 is 60.3 Å². The van der Waals surface area contributed by atoms with Crippen LogP contribution in [0.15, 0.2) is 0 Å². The molecule has 0 atom stereocenters. The Balaban J connectivity index is -0.0000000980. The number of halogens is 2. The Morgan fingerprint density at radius 1 is 0.444 bits per heavy atom. The zero-order valence-corrected chi connectivity index (χ0v) is 9.69. The van der Waals surface area contributed by atoms with Gasteiger partial charge in [-0.1, -0.05) is 0 Å². The van der Waals surface area contributed by atoms with Gasteiger partial charge in [0.2, 0.25) is 0 Å². The van der Waals surface area contributed by atoms with Gasteiger partial charge in [-0.2, -0.15) is 0 Å². The van der Waals surface area contributed by atoms with Gasteiger partial charge in [0.25, 0.3) is 0 Å². The maximum absolute atomic E-state index is 9.64. The zero-order chi connectivity index (χ0) is 13.5. The number of carbonyl (C=O) groups excluding carboxylic acids is 2. The molecule has 0 aromatic heterocycles. The molecular formula is C6H6Cl2O10. The van der Waals surface area contributed by atoms with E-state index < -0.39 is 35.4 Å². The first-order valence-corrected chi connectivity index (χ1v) is 3.12. The van der Waals surface area contributed by atoms with Crippen LogP contribution in [0.25, 0.3) is 0 Å². The highest BCUT2D eigenvalue weighted by molar-refractivity contribution is 6.59. The number of carboxylic acid groups (broad SMARTS) is 4. The molecule has 12 heteroatoms. The predicted molar refractivity (Wildman–Crippen MR) is 55.1 cm³/mol. The molecule has 0 heterocycles. The third-order valence-corrected chi connectivity index (χ3v) is 0.777. The van der Waals surface area contributed by atoms with Crippen LogP contribution in [0, 0.1) is 0 Å². The van der Waals surface area contributed by atoms with Gasteiger partial charge in [0.05, 0.1) is 0 Å². The van der Waals surface area contributed by atoms with Gasteiger partial charge in [-0.15, -0.1) is 24.8 Å². The van der Waals surface area contributed by atoms with Crippen molar-refractivity contribution in [3.8, 4) is 0 Å². The highest BCUT2D eigenvalue weighted by Gasteiger charge is 2.20. The van der Waals surface area contributed by atoms with Gasteiger partial charge < -0.3 is 20.4 Å². The normalized spacial score (nSPS) is 7.11. The van der Waals surface area contributed by atoms with Crippen molar-refractivity contribution in [2.75, 3.05) is 0 Å². The minimum Gasteiger partial charge on any atom is -0.475 e. The molecule has 0 unspecified atom stereocenters. The molecule has 0 aromatic carbocycles. The number of carboxylic acids is 4. The van der Waals surface area contributed by atoms with Crippen LogP contribution in [0.5, 0.6) is 0 Å². The van der Waals surface area contributed by atoms with Crippen molar-refractivity contribution in [1.82, 2.24) is 0 Å². The SMILES string of the molecule is Cl.Cl.O=C(O)C(=O)C(=O)O.O=C(O)C(=O)C(=O)O. The van der Waals surface area contributed by atoms with Crippen molar-refractivity contribution in [2.24, 2.45) is 0 Å². The lowest BCUT2D eigenvalue weighted by molar-refractivity contribution is -0.159. The number of hydrogen-bond donors (Lipinski definition) is 4. The molecule has 0 bridgehead atoms. The molecule has 0 saturated heterocycles. The Kier molecular flexibility index (Phi) is 15.6. The molecule has 104 valence electrons. The summed E-state index contributed by atoms with van der Waals surface area (Å²) in [5.41, 5.74) is 0. The molecule has 0 aliphatic carbocycles. The van der Waals surface area contributed by atoms with E-state index in [-0.39, 0.29) is 24.8 Å². The number of hydrogen-bond acceptors (Lipinski definition) is 6. The van der Waals surface area contributed by atoms with E-state index in [1.807, 2.05) is 0 Å². The monoisotopic (exact) mass is 308 g/mol. The maximum atomic E-state index is 9.64. The molecule has 0 aliphatic rings. The topological polar surface area (TPSA) is 183 Å². The lowest BCUT2D eigenvalue weighted by Gasteiger charge is -1.80. The first kappa shape index (κ1) is 24.9. The minimum absolute atomic E-state index is 0. The van der Waals surface area contributed by atoms with Crippen LogP contribution >= 0.6 is 24.8 Å². The van der Waals surface area contributed by atoms with E-state index in [0.29, 0.717) is 0 Å². The van der Waals surface area contributed by atoms with Gasteiger partial charge in [0.15, 0.2) is 0 Å². The van der Waals surface area contributed by atoms with E-state index in [4.69, 9.17) is 20.4 Å². The van der Waals surface area contributed by atoms with E-state index in [1.165, 1.54) is 0 Å². The fourth-order valence-corrected chi connectivity index (χ4v) is 0.183. The van der Waals surface area contributed by atoms with Crippen molar-refractivity contribution in [3.05, 3.63) is 0 Å². The van der Waals surface area contributed by atoms with Crippen LogP contribution in [0.2, 0.25) is 0 Å². The lowest BCUT2D eigenvalue weighted by Crippen LogP contribution is -2.22. The van der Waals surface area contributed by atoms with Gasteiger partial charge in [0.1, 0.15) is 0 Å². The summed E-state index contributed by atoms with van der Waals surface area (Å²) in [5, 5.41) is 30.5. The molecule has 0 radical (unpaired) electrons. The molecule has 18 heavy (non-hydrogen) atoms. The van der Waals surface area contributed by atoms with Crippen molar-refractivity contribution in [3.63, 3.8) is 0 Å². The molecule has 0 saturated carbocycles. The standard InChI is InChI=1S/2C3H2O5.2ClH/c2*4-1(2(5)6)3(7)8;;/h2*(H,5,6)(H,7,8);2*1H. The van der Waals surface area contributed by atoms with Gasteiger partial charge in [0, 0.05) is 0 Å². The number of aliphatic carboxylic acids is 4. The van der Waals surface area contributed by atoms with Gasteiger partial charge in [-0.05, 0) is 0 Å². The summed E-state index contributed by atoms with van der Waals surface area (Å²) in [7, 11) is 0. The molecular weight excluding hydrogens is 303 g/mol. The fraction of sp³-hybridized carbons (Fsp3) is 0. The van der Waals surface area contributed by atoms with Gasteiger partial charge in [-0.25, -0.2) is 19.2 Å². The first-order chi connectivity index (χ1) is 7.11. The molecule has 0 fully saturated rings. The summed E-state index contributed by atoms with van der Waals surface area (Å²) in [6.07, 6.45) is 0. The minimum atomic E-state index is -1.95. The molecule has 10 nitrogen and oxygen atoms in total. The lowest BCUT2D eigenvalue weighted by atomic mass is 10.4. The molecule has 0 aliphatic heterocycles. The molecule has 0 spiro atoms. The van der Waals surface area contributed by atoms with Crippen molar-refractivity contribution in [2.45, 2.75) is 0 Å². The summed E-state index contributed by atoms with van der Waals surface area (Å²) in [5.74, 6) is -11.4. The largest absolute Gasteiger partial charge is 0.475 e. The maximum Gasteiger partial charge on any atom is 0.384 e. The Labute approximate surface area is 110 Å². The third-order valence-electron chi connectivity index (χ3n) is 0.777. The molecule has 0 amide bonds. The number of Topliss-reactive ketones (excluding diaryl/α,β-unsaturated/α-hetero) is 2. The second-order valence-corrected chi connectivity index (χ2v) is 1.88. The predicted octanol–water partition coefficient (Wildman–Crippen LogP) is -1.71. The van der Waals surface area contributed by atoms with E-state index in [1.54, 1.807) is 0 Å². The Hall–Kier alpha value is -2.20. The smallest absolute Gasteiger partial charge is 0.384 e. The van der Waals surface area contributed by atoms with Gasteiger partial charge in [-0.3, -0.25) is 9.59 Å². The van der Waals surface area contributed by atoms with Crippen LogP contribution in [0.3, 0.4) is 0 Å². The quantitative estimate of drug-likeness (QED) is 0.344. The Morgan fingerprint density at radius 2 is 0.556 bits per heavy atom. The van der Waals surface area contributed by atoms with Crippen LogP contribution in [-0.4, -0.2) is 55.9 Å². The van der Waals surface area contributed by atoms with Crippen LogP contribution in [-0.2, 0) is 28.8 Å². The molecule has 0 rings (SSSR count). The summed E-state index contributed by atoms with van der Waals surface area (Å²) in [6, 6.07) is 0. The Morgan fingerprint density at radius 3 is 0.556 bits per heavy atom. The summed E-state index contributed by atoms with van der Waals surface area (Å²) < 4.78 is 0. The van der Waals surface area contributed by atoms with E-state index in [0.717, 1.165) is 0 Å². The van der Waals surface area contributed by atoms with E-state index in [9.17, 15) is 28.8 Å². The van der Waals surface area contributed by atoms with Crippen molar-refractivity contribution < 1.29 is 49.2 Å². The average Bonchev–Trinajstić information content (AvgIpc) is 2.15. The van der Waals surface area contributed by atoms with Crippen LogP contribution in [0.4, 0.5) is 0 Å². The Bertz CT molecular complexity index is 305. The molecule has 0 aromatic rings. The second kappa shape index (κ2) is 11.3. The number of carbonyl (C=O) groups is 6. The average molecular weight is 309 g/mol. The first-order valence-electron chi connectivity index (χ1n) is 3.12. The van der Waals surface area contributed by atoms with Gasteiger partial charge >= 0.3 is 35.4 Å². The molecule has 4 N–H and O–H groups in total. The summed E-state index contributed by atoms with van der Waals surface area (Å²) >= 11 is 0. The van der Waals surface area contributed by atoms with E-state index in [2.05, 4.69) is 0 Å². The summed E-state index contributed by atoms with van der Waals surface area (Å²) in [4.78, 5) is 56.9. The number of rotatable bonds is 4. The second-order valence-electron chi connectivity index (χ2n) is 1.88. The van der Waals surface area contributed by atoms with Crippen LogP contribution < -0.4 is 0 Å².